The number of hydrogen-bond donors (Lipinski definition) is 1. The van der Waals surface area contributed by atoms with E-state index in [1.54, 1.807) is 36.4 Å². The number of aromatic nitrogens is 2. The maximum atomic E-state index is 13.1. The van der Waals surface area contributed by atoms with Crippen molar-refractivity contribution in [3.63, 3.8) is 0 Å². The first-order valence-corrected chi connectivity index (χ1v) is 10.1. The zero-order chi connectivity index (χ0) is 22.4. The number of amides is 1. The smallest absolute Gasteiger partial charge is 0.331 e. The van der Waals surface area contributed by atoms with Gasteiger partial charge in [0.2, 0.25) is 5.91 Å². The highest BCUT2D eigenvalue weighted by molar-refractivity contribution is 5.78. The van der Waals surface area contributed by atoms with Crippen LogP contribution in [0.5, 0.6) is 0 Å². The zero-order valence-electron chi connectivity index (χ0n) is 17.2. The van der Waals surface area contributed by atoms with Crippen LogP contribution in [0.4, 0.5) is 5.69 Å². The molecular formula is C22H24N4O5. The second kappa shape index (κ2) is 9.84. The highest BCUT2D eigenvalue weighted by atomic mass is 16.6. The summed E-state index contributed by atoms with van der Waals surface area (Å²) in [4.78, 5) is 48.5. The van der Waals surface area contributed by atoms with E-state index < -0.39 is 16.2 Å². The summed E-state index contributed by atoms with van der Waals surface area (Å²) in [5.41, 5.74) is 0.144. The quantitative estimate of drug-likeness (QED) is 0.322. The van der Waals surface area contributed by atoms with E-state index in [2.05, 4.69) is 5.32 Å². The summed E-state index contributed by atoms with van der Waals surface area (Å²) in [6, 6.07) is 12.7. The lowest BCUT2D eigenvalue weighted by molar-refractivity contribution is -0.384. The van der Waals surface area contributed by atoms with Gasteiger partial charge >= 0.3 is 5.69 Å². The van der Waals surface area contributed by atoms with Crippen molar-refractivity contribution in [3.8, 4) is 0 Å². The molecule has 9 nitrogen and oxygen atoms in total. The molecule has 3 aromatic rings. The van der Waals surface area contributed by atoms with Gasteiger partial charge in [0.25, 0.3) is 11.2 Å². The molecule has 3 rings (SSSR count). The van der Waals surface area contributed by atoms with Gasteiger partial charge in [0, 0.05) is 31.6 Å². The van der Waals surface area contributed by atoms with Crippen LogP contribution in [0.3, 0.4) is 0 Å². The molecule has 0 saturated carbocycles. The molecule has 0 saturated heterocycles. The monoisotopic (exact) mass is 424 g/mol. The number of carbonyl (C=O) groups excluding carboxylic acids is 1. The summed E-state index contributed by atoms with van der Waals surface area (Å²) >= 11 is 0. The second-order valence-electron chi connectivity index (χ2n) is 7.22. The number of fused-ring (bicyclic) bond motifs is 1. The Bertz CT molecular complexity index is 1210. The number of benzene rings is 2. The molecule has 0 unspecified atom stereocenters. The van der Waals surface area contributed by atoms with E-state index >= 15 is 0 Å². The van der Waals surface area contributed by atoms with E-state index in [4.69, 9.17) is 0 Å². The maximum Gasteiger partial charge on any atom is 0.331 e. The molecule has 1 heterocycles. The Morgan fingerprint density at radius 2 is 1.77 bits per heavy atom. The van der Waals surface area contributed by atoms with Gasteiger partial charge in [-0.1, -0.05) is 37.6 Å². The molecule has 0 aliphatic carbocycles. The number of nitrogens with one attached hydrogen (secondary N) is 1. The SMILES string of the molecule is CCCCNC(=O)CCn1c(=O)c2ccccc2n(Cc2ccc([N+](=O)[O-])cc2)c1=O. The number of nitro benzene ring substituents is 1. The summed E-state index contributed by atoms with van der Waals surface area (Å²) in [6.07, 6.45) is 1.84. The summed E-state index contributed by atoms with van der Waals surface area (Å²) < 4.78 is 2.53. The molecule has 1 amide bonds. The predicted octanol–water partition coefficient (Wildman–Crippen LogP) is 2.43. The number of unbranched alkanes of at least 4 members (excludes halogenated alkanes) is 1. The molecule has 0 atom stereocenters. The van der Waals surface area contributed by atoms with Gasteiger partial charge in [0.15, 0.2) is 0 Å². The second-order valence-corrected chi connectivity index (χ2v) is 7.22. The van der Waals surface area contributed by atoms with Gasteiger partial charge in [-0.25, -0.2) is 4.79 Å². The minimum atomic E-state index is -0.525. The van der Waals surface area contributed by atoms with Gasteiger partial charge in [0.1, 0.15) is 0 Å². The third kappa shape index (κ3) is 5.06. The number of para-hydroxylation sites is 1. The average molecular weight is 424 g/mol. The van der Waals surface area contributed by atoms with Crippen molar-refractivity contribution in [1.82, 2.24) is 14.5 Å². The van der Waals surface area contributed by atoms with Crippen LogP contribution in [-0.2, 0) is 17.9 Å². The standard InChI is InChI=1S/C22H24N4O5/c1-2-3-13-23-20(27)12-14-24-21(28)18-6-4-5-7-19(18)25(22(24)29)15-16-8-10-17(11-9-16)26(30)31/h4-11H,2-3,12-15H2,1H3,(H,23,27). The normalized spacial score (nSPS) is 10.9. The molecule has 0 fully saturated rings. The third-order valence-electron chi connectivity index (χ3n) is 5.04. The largest absolute Gasteiger partial charge is 0.356 e. The van der Waals surface area contributed by atoms with Crippen LogP contribution < -0.4 is 16.6 Å². The van der Waals surface area contributed by atoms with Crippen molar-refractivity contribution in [2.45, 2.75) is 39.3 Å². The van der Waals surface area contributed by atoms with Gasteiger partial charge in [0.05, 0.1) is 22.4 Å². The average Bonchev–Trinajstić information content (AvgIpc) is 2.77. The van der Waals surface area contributed by atoms with Crippen molar-refractivity contribution in [1.29, 1.82) is 0 Å². The Morgan fingerprint density at radius 1 is 1.06 bits per heavy atom. The molecule has 0 radical (unpaired) electrons. The minimum Gasteiger partial charge on any atom is -0.356 e. The number of hydrogen-bond acceptors (Lipinski definition) is 5. The minimum absolute atomic E-state index is 0.0226. The Hall–Kier alpha value is -3.75. The first kappa shape index (κ1) is 21.9. The van der Waals surface area contributed by atoms with Crippen LogP contribution in [0, 0.1) is 10.1 Å². The van der Waals surface area contributed by atoms with Gasteiger partial charge in [-0.15, -0.1) is 0 Å². The third-order valence-corrected chi connectivity index (χ3v) is 5.04. The van der Waals surface area contributed by atoms with Crippen molar-refractivity contribution in [2.75, 3.05) is 6.54 Å². The maximum absolute atomic E-state index is 13.1. The first-order chi connectivity index (χ1) is 14.9. The van der Waals surface area contributed by atoms with Gasteiger partial charge in [-0.2, -0.15) is 0 Å². The topological polar surface area (TPSA) is 116 Å². The summed E-state index contributed by atoms with van der Waals surface area (Å²) in [7, 11) is 0. The molecule has 162 valence electrons. The molecule has 0 aliphatic rings. The van der Waals surface area contributed by atoms with Crippen LogP contribution in [-0.4, -0.2) is 26.5 Å². The lowest BCUT2D eigenvalue weighted by atomic mass is 10.2. The lowest BCUT2D eigenvalue weighted by Gasteiger charge is -2.14. The molecule has 0 bridgehead atoms. The van der Waals surface area contributed by atoms with Gasteiger partial charge in [-0.05, 0) is 24.1 Å². The Labute approximate surface area is 178 Å². The summed E-state index contributed by atoms with van der Waals surface area (Å²) in [6.45, 7) is 2.70. The Kier molecular flexibility index (Phi) is 6.96. The summed E-state index contributed by atoms with van der Waals surface area (Å²) in [5.74, 6) is -0.213. The number of carbonyl (C=O) groups is 1. The predicted molar refractivity (Wildman–Crippen MR) is 117 cm³/mol. The van der Waals surface area contributed by atoms with Crippen LogP contribution in [0.25, 0.3) is 10.9 Å². The fourth-order valence-corrected chi connectivity index (χ4v) is 3.33. The first-order valence-electron chi connectivity index (χ1n) is 10.1. The highest BCUT2D eigenvalue weighted by Gasteiger charge is 2.15. The molecule has 1 aromatic heterocycles. The molecule has 31 heavy (non-hydrogen) atoms. The van der Waals surface area contributed by atoms with Crippen LogP contribution in [0.1, 0.15) is 31.7 Å². The molecule has 1 N–H and O–H groups in total. The molecule has 9 heteroatoms. The van der Waals surface area contributed by atoms with Crippen LogP contribution in [0.15, 0.2) is 58.1 Å². The van der Waals surface area contributed by atoms with Crippen molar-refractivity contribution >= 4 is 22.5 Å². The molecule has 0 spiro atoms. The van der Waals surface area contributed by atoms with Gasteiger partial charge < -0.3 is 5.32 Å². The van der Waals surface area contributed by atoms with Crippen molar-refractivity contribution in [2.24, 2.45) is 0 Å². The molecule has 0 aliphatic heterocycles. The Balaban J connectivity index is 1.95. The van der Waals surface area contributed by atoms with E-state index in [1.807, 2.05) is 6.92 Å². The van der Waals surface area contributed by atoms with E-state index in [-0.39, 0.29) is 31.1 Å². The summed E-state index contributed by atoms with van der Waals surface area (Å²) in [5, 5.41) is 14.0. The number of rotatable bonds is 9. The van der Waals surface area contributed by atoms with Crippen LogP contribution in [0.2, 0.25) is 0 Å². The molecular weight excluding hydrogens is 400 g/mol. The van der Waals surface area contributed by atoms with Crippen molar-refractivity contribution in [3.05, 3.63) is 85.0 Å². The fraction of sp³-hybridized carbons (Fsp3) is 0.318. The number of nitrogens with zero attached hydrogens (tertiary/aromatic N) is 3. The number of nitro groups is 1. The van der Waals surface area contributed by atoms with Crippen molar-refractivity contribution < 1.29 is 9.72 Å². The number of non-ortho nitro benzene ring substituents is 1. The van der Waals surface area contributed by atoms with Crippen LogP contribution >= 0.6 is 0 Å². The van der Waals surface area contributed by atoms with E-state index in [0.717, 1.165) is 17.4 Å². The van der Waals surface area contributed by atoms with Gasteiger partial charge in [-0.3, -0.25) is 28.8 Å². The molecule has 2 aromatic carbocycles. The fourth-order valence-electron chi connectivity index (χ4n) is 3.33. The van der Waals surface area contributed by atoms with E-state index in [0.29, 0.717) is 23.0 Å². The lowest BCUT2D eigenvalue weighted by Crippen LogP contribution is -2.41. The van der Waals surface area contributed by atoms with E-state index in [9.17, 15) is 24.5 Å². The van der Waals surface area contributed by atoms with E-state index in [1.165, 1.54) is 16.7 Å². The Morgan fingerprint density at radius 3 is 2.45 bits per heavy atom. The zero-order valence-corrected chi connectivity index (χ0v) is 17.2. The highest BCUT2D eigenvalue weighted by Crippen LogP contribution is 2.14.